The van der Waals surface area contributed by atoms with E-state index < -0.39 is 0 Å². The van der Waals surface area contributed by atoms with Crippen LogP contribution >= 0.6 is 0 Å². The van der Waals surface area contributed by atoms with Gasteiger partial charge in [-0.3, -0.25) is 0 Å². The summed E-state index contributed by atoms with van der Waals surface area (Å²) in [5, 5.41) is 0. The number of hydrogen-bond acceptors (Lipinski definition) is 0. The van der Waals surface area contributed by atoms with Crippen molar-refractivity contribution < 1.29 is 0 Å². The molecule has 0 amide bonds. The Morgan fingerprint density at radius 2 is 0.500 bits per heavy atom. The van der Waals surface area contributed by atoms with Gasteiger partial charge in [0, 0.05) is 0 Å². The highest BCUT2D eigenvalue weighted by Gasteiger charge is 2.20. The predicted molar refractivity (Wildman–Crippen MR) is 104 cm³/mol. The third-order valence-corrected chi connectivity index (χ3v) is 1.06. The highest BCUT2D eigenvalue weighted by Crippen LogP contribution is 2.31. The van der Waals surface area contributed by atoms with E-state index in [1.165, 1.54) is 6.42 Å². The highest BCUT2D eigenvalue weighted by atomic mass is 14.3. The molecule has 0 N–H and O–H groups in total. The lowest BCUT2D eigenvalue weighted by Crippen LogP contribution is -2.16. The third kappa shape index (κ3) is 100. The third-order valence-electron chi connectivity index (χ3n) is 1.06. The Morgan fingerprint density at radius 3 is 0.500 bits per heavy atom. The molecule has 0 bridgehead atoms. The molecule has 0 aromatic carbocycles. The van der Waals surface area contributed by atoms with E-state index in [1.54, 1.807) is 0 Å². The summed E-state index contributed by atoms with van der Waals surface area (Å²) in [7, 11) is 0. The van der Waals surface area contributed by atoms with Crippen LogP contribution in [0.3, 0.4) is 0 Å². The van der Waals surface area contributed by atoms with Crippen molar-refractivity contribution in [3.63, 3.8) is 0 Å². The van der Waals surface area contributed by atoms with Crippen LogP contribution in [0.2, 0.25) is 0 Å². The van der Waals surface area contributed by atoms with E-state index >= 15 is 0 Å². The zero-order valence-corrected chi connectivity index (χ0v) is 7.71. The van der Waals surface area contributed by atoms with Crippen LogP contribution in [0.25, 0.3) is 0 Å². The van der Waals surface area contributed by atoms with Gasteiger partial charge in [0.25, 0.3) is 0 Å². The maximum absolute atomic E-state index is 2.29. The minimum Gasteiger partial charge on any atom is -0.0776 e. The van der Waals surface area contributed by atoms with E-state index in [4.69, 9.17) is 0 Å². The summed E-state index contributed by atoms with van der Waals surface area (Å²) in [5.41, 5.74) is 0.969. The van der Waals surface area contributed by atoms with E-state index in [-0.39, 0.29) is 66.8 Å². The monoisotopic (exact) mass is 272 g/mol. The van der Waals surface area contributed by atoms with Gasteiger partial charge >= 0.3 is 0 Å². The summed E-state index contributed by atoms with van der Waals surface area (Å²) < 4.78 is 0. The van der Waals surface area contributed by atoms with Gasteiger partial charge in [-0.1, -0.05) is 108 Å². The van der Waals surface area contributed by atoms with Crippen molar-refractivity contribution in [1.82, 2.24) is 0 Å². The molecule has 0 aliphatic heterocycles. The fourth-order valence-corrected chi connectivity index (χ4v) is 1.59. The highest BCUT2D eigenvalue weighted by molar-refractivity contribution is 4.71. The number of rotatable bonds is 0. The Bertz CT molecular complexity index is 65.2. The lowest BCUT2D eigenvalue weighted by atomic mass is 9.78. The van der Waals surface area contributed by atoms with Crippen LogP contribution in [0, 0.1) is 10.8 Å². The Kier molecular flexibility index (Phi) is 116. The van der Waals surface area contributed by atoms with Crippen LogP contribution in [-0.4, -0.2) is 0 Å². The molecule has 0 aliphatic rings. The average Bonchev–Trinajstić information content (AvgIpc) is 1.14. The van der Waals surface area contributed by atoms with E-state index in [2.05, 4.69) is 41.5 Å². The van der Waals surface area contributed by atoms with E-state index in [1.807, 2.05) is 0 Å². The van der Waals surface area contributed by atoms with Crippen LogP contribution in [0.4, 0.5) is 0 Å². The zero-order chi connectivity index (χ0) is 7.71. The van der Waals surface area contributed by atoms with Crippen molar-refractivity contribution in [2.24, 2.45) is 10.8 Å². The minimum absolute atomic E-state index is 0. The first kappa shape index (κ1) is 81.3. The topological polar surface area (TPSA) is 0 Å². The lowest BCUT2D eigenvalue weighted by Gasteiger charge is -2.28. The number of hydrogen-bond donors (Lipinski definition) is 0. The fraction of sp³-hybridized carbons (Fsp3) is 1.00. The molecule has 18 heavy (non-hydrogen) atoms. The molecular formula is C18H56. The van der Waals surface area contributed by atoms with Crippen LogP contribution in [-0.2, 0) is 0 Å². The molecule has 0 nitrogen and oxygen atoms in total. The maximum atomic E-state index is 2.29. The van der Waals surface area contributed by atoms with E-state index in [9.17, 15) is 0 Å². The molecule has 0 atom stereocenters. The van der Waals surface area contributed by atoms with Crippen LogP contribution in [0.15, 0.2) is 0 Å². The van der Waals surface area contributed by atoms with Gasteiger partial charge in [0.15, 0.2) is 0 Å². The average molecular weight is 273 g/mol. The molecule has 0 rings (SSSR count). The summed E-state index contributed by atoms with van der Waals surface area (Å²) in [6.45, 7) is 13.7. The van der Waals surface area contributed by atoms with Crippen molar-refractivity contribution in [3.05, 3.63) is 0 Å². The van der Waals surface area contributed by atoms with Gasteiger partial charge in [-0.2, -0.15) is 0 Å². The summed E-state index contributed by atoms with van der Waals surface area (Å²) in [5.74, 6) is 0. The van der Waals surface area contributed by atoms with Gasteiger partial charge in [-0.05, 0) is 17.3 Å². The second kappa shape index (κ2) is 25.8. The summed E-state index contributed by atoms with van der Waals surface area (Å²) in [6.07, 6.45) is 1.29. The second-order valence-electron chi connectivity index (χ2n) is 5.30. The van der Waals surface area contributed by atoms with Gasteiger partial charge in [0.05, 0.1) is 0 Å². The normalized spacial score (nSPS) is 7.00. The molecule has 0 aromatic heterocycles. The Labute approximate surface area is 126 Å². The fourth-order valence-electron chi connectivity index (χ4n) is 1.59. The summed E-state index contributed by atoms with van der Waals surface area (Å²) in [4.78, 5) is 0. The van der Waals surface area contributed by atoms with Gasteiger partial charge in [-0.15, -0.1) is 0 Å². The Balaban J connectivity index is -0.00000000889. The SMILES string of the molecule is C.C.C.C.C.C.C.C.C.CC(C)(C)CC(C)(C)C. The predicted octanol–water partition coefficient (Wildman–Crippen LogP) is 9.19. The van der Waals surface area contributed by atoms with E-state index in [0.717, 1.165) is 0 Å². The molecule has 128 valence electrons. The largest absolute Gasteiger partial charge is 0.0776 e. The van der Waals surface area contributed by atoms with Crippen LogP contribution < -0.4 is 0 Å². The van der Waals surface area contributed by atoms with Gasteiger partial charge in [-0.25, -0.2) is 0 Å². The first-order chi connectivity index (χ1) is 3.71. The molecule has 0 heteroatoms. The van der Waals surface area contributed by atoms with Gasteiger partial charge < -0.3 is 0 Å². The molecule has 0 fully saturated rings. The molecule has 0 saturated heterocycles. The zero-order valence-electron chi connectivity index (χ0n) is 7.71. The van der Waals surface area contributed by atoms with Gasteiger partial charge in [0.2, 0.25) is 0 Å². The first-order valence-corrected chi connectivity index (χ1v) is 3.71. The van der Waals surface area contributed by atoms with Crippen molar-refractivity contribution in [1.29, 1.82) is 0 Å². The summed E-state index contributed by atoms with van der Waals surface area (Å²) in [6, 6.07) is 0. The molecule has 0 saturated carbocycles. The van der Waals surface area contributed by atoms with Crippen molar-refractivity contribution in [2.45, 2.75) is 115 Å². The molecule has 0 aliphatic carbocycles. The van der Waals surface area contributed by atoms with Crippen LogP contribution in [0.1, 0.15) is 115 Å². The lowest BCUT2D eigenvalue weighted by molar-refractivity contribution is 0.233. The second-order valence-corrected chi connectivity index (χ2v) is 5.30. The molecule has 0 unspecified atom stereocenters. The molecular weight excluding hydrogens is 216 g/mol. The van der Waals surface area contributed by atoms with Crippen molar-refractivity contribution >= 4 is 0 Å². The minimum atomic E-state index is 0. The Hall–Kier alpha value is 0. The van der Waals surface area contributed by atoms with Gasteiger partial charge in [0.1, 0.15) is 0 Å². The van der Waals surface area contributed by atoms with Crippen LogP contribution in [0.5, 0.6) is 0 Å². The first-order valence-electron chi connectivity index (χ1n) is 3.71. The quantitative estimate of drug-likeness (QED) is 0.412. The Morgan fingerprint density at radius 1 is 0.389 bits per heavy atom. The molecule has 0 spiro atoms. The molecule has 0 aromatic rings. The van der Waals surface area contributed by atoms with Crippen molar-refractivity contribution in [3.8, 4) is 0 Å². The summed E-state index contributed by atoms with van der Waals surface area (Å²) >= 11 is 0. The maximum Gasteiger partial charge on any atom is -0.0378 e. The standard InChI is InChI=1S/C9H20.9CH4/c1-8(2,3)7-9(4,5)6;;;;;;;;;/h7H2,1-6H3;9*1H4. The molecule has 0 heterocycles. The van der Waals surface area contributed by atoms with Crippen molar-refractivity contribution in [2.75, 3.05) is 0 Å². The smallest absolute Gasteiger partial charge is 0.0378 e. The van der Waals surface area contributed by atoms with E-state index in [0.29, 0.717) is 10.8 Å². The molecule has 0 radical (unpaired) electrons.